The van der Waals surface area contributed by atoms with Crippen LogP contribution in [0, 0.1) is 0 Å². The van der Waals surface area contributed by atoms with Crippen LogP contribution in [0.4, 0.5) is 8.78 Å². The van der Waals surface area contributed by atoms with Crippen LogP contribution in [0.5, 0.6) is 11.5 Å². The Morgan fingerprint density at radius 3 is 2.05 bits per heavy atom. The zero-order valence-electron chi connectivity index (χ0n) is 23.3. The molecule has 1 unspecified atom stereocenters. The second-order valence-corrected chi connectivity index (χ2v) is 12.4. The molecule has 0 radical (unpaired) electrons. The van der Waals surface area contributed by atoms with Crippen molar-refractivity contribution < 1.29 is 27.3 Å². The normalized spacial score (nSPS) is 14.7. The summed E-state index contributed by atoms with van der Waals surface area (Å²) in [4.78, 5) is 15.7. The fourth-order valence-electron chi connectivity index (χ4n) is 4.74. The fourth-order valence-corrected chi connectivity index (χ4v) is 5.79. The number of carbonyl (C=O) groups excluding carboxylic acids is 1. The van der Waals surface area contributed by atoms with E-state index in [1.165, 1.54) is 12.1 Å². The van der Waals surface area contributed by atoms with Gasteiger partial charge in [-0.15, -0.1) is 8.78 Å². The maximum absolute atomic E-state index is 13.6. The SMILES string of the molecule is CC(C)c1cc(-c2cc3c(cc2Cl)OC(F)(F)O3)cc(C(C)C)c1CC(=O)NS(=O)c1ccc(CN(C)C)cc1. The highest BCUT2D eigenvalue weighted by atomic mass is 35.5. The second-order valence-electron chi connectivity index (χ2n) is 10.7. The summed E-state index contributed by atoms with van der Waals surface area (Å²) < 4.78 is 52.0. The number of hydrogen-bond acceptors (Lipinski definition) is 5. The standard InChI is InChI=1S/C30H33ClF2N2O4S/c1-17(2)22-11-20(24-13-27-28(15-26(24)31)39-30(32,33)38-27)12-23(18(3)4)25(22)14-29(36)34-40(37)21-9-7-19(8-10-21)16-35(5)6/h7-13,15,17-18H,14,16H2,1-6H3,(H,34,36). The van der Waals surface area contributed by atoms with Crippen LogP contribution in [0.3, 0.4) is 0 Å². The van der Waals surface area contributed by atoms with Gasteiger partial charge in [-0.25, -0.2) is 4.21 Å². The number of nitrogens with one attached hydrogen (secondary N) is 1. The van der Waals surface area contributed by atoms with E-state index in [-0.39, 0.29) is 40.7 Å². The molecular formula is C30H33ClF2N2O4S. The van der Waals surface area contributed by atoms with Crippen LogP contribution in [0.15, 0.2) is 53.4 Å². The summed E-state index contributed by atoms with van der Waals surface area (Å²) in [5, 5.41) is 0.238. The Labute approximate surface area is 241 Å². The average Bonchev–Trinajstić information content (AvgIpc) is 3.15. The highest BCUT2D eigenvalue weighted by Crippen LogP contribution is 2.47. The van der Waals surface area contributed by atoms with Gasteiger partial charge in [-0.05, 0) is 71.9 Å². The van der Waals surface area contributed by atoms with Crippen molar-refractivity contribution in [2.75, 3.05) is 14.1 Å². The molecule has 0 fully saturated rings. The summed E-state index contributed by atoms with van der Waals surface area (Å²) in [7, 11) is 2.24. The molecule has 1 aliphatic rings. The molecule has 40 heavy (non-hydrogen) atoms. The van der Waals surface area contributed by atoms with Crippen LogP contribution in [-0.4, -0.2) is 35.4 Å². The van der Waals surface area contributed by atoms with E-state index < -0.39 is 17.3 Å². The number of benzene rings is 3. The van der Waals surface area contributed by atoms with Gasteiger partial charge >= 0.3 is 6.29 Å². The number of hydrogen-bond donors (Lipinski definition) is 1. The lowest BCUT2D eigenvalue weighted by molar-refractivity contribution is -0.286. The Balaban J connectivity index is 1.63. The van der Waals surface area contributed by atoms with E-state index in [2.05, 4.69) is 14.2 Å². The Bertz CT molecular complexity index is 1410. The van der Waals surface area contributed by atoms with Crippen molar-refractivity contribution >= 4 is 28.5 Å². The van der Waals surface area contributed by atoms with E-state index in [9.17, 15) is 17.8 Å². The summed E-state index contributed by atoms with van der Waals surface area (Å²) >= 11 is 6.49. The van der Waals surface area contributed by atoms with Gasteiger partial charge in [0, 0.05) is 18.2 Å². The predicted molar refractivity (Wildman–Crippen MR) is 153 cm³/mol. The third kappa shape index (κ3) is 6.82. The molecule has 1 atom stereocenters. The molecule has 0 aromatic heterocycles. The first-order valence-corrected chi connectivity index (χ1v) is 14.5. The van der Waals surface area contributed by atoms with Crippen LogP contribution < -0.4 is 14.2 Å². The maximum atomic E-state index is 13.6. The van der Waals surface area contributed by atoms with Crippen molar-refractivity contribution in [1.29, 1.82) is 0 Å². The van der Waals surface area contributed by atoms with Gasteiger partial charge < -0.3 is 14.4 Å². The molecule has 3 aromatic carbocycles. The lowest BCUT2D eigenvalue weighted by Crippen LogP contribution is -2.28. The summed E-state index contributed by atoms with van der Waals surface area (Å²) in [6.45, 7) is 8.81. The van der Waals surface area contributed by atoms with Gasteiger partial charge in [0.15, 0.2) is 22.5 Å². The van der Waals surface area contributed by atoms with Crippen LogP contribution in [-0.2, 0) is 28.7 Å². The average molecular weight is 591 g/mol. The summed E-state index contributed by atoms with van der Waals surface area (Å²) in [5.74, 6) is -0.516. The molecule has 1 N–H and O–H groups in total. The van der Waals surface area contributed by atoms with E-state index in [1.807, 2.05) is 71.0 Å². The van der Waals surface area contributed by atoms with Crippen molar-refractivity contribution in [2.24, 2.45) is 0 Å². The van der Waals surface area contributed by atoms with Gasteiger partial charge in [0.1, 0.15) is 0 Å². The molecule has 0 aliphatic carbocycles. The van der Waals surface area contributed by atoms with E-state index in [4.69, 9.17) is 11.6 Å². The number of nitrogens with zero attached hydrogens (tertiary/aromatic N) is 1. The highest BCUT2D eigenvalue weighted by molar-refractivity contribution is 7.83. The number of carbonyl (C=O) groups is 1. The first-order valence-electron chi connectivity index (χ1n) is 13.0. The molecule has 10 heteroatoms. The molecule has 4 rings (SSSR count). The quantitative estimate of drug-likeness (QED) is 0.290. The van der Waals surface area contributed by atoms with Gasteiger partial charge in [0.25, 0.3) is 0 Å². The minimum atomic E-state index is -3.75. The molecule has 0 bridgehead atoms. The van der Waals surface area contributed by atoms with Gasteiger partial charge in [-0.1, -0.05) is 63.6 Å². The van der Waals surface area contributed by atoms with Crippen molar-refractivity contribution in [2.45, 2.75) is 63.7 Å². The van der Waals surface area contributed by atoms with Crippen molar-refractivity contribution in [3.8, 4) is 22.6 Å². The first-order chi connectivity index (χ1) is 18.7. The zero-order valence-corrected chi connectivity index (χ0v) is 24.9. The Hall–Kier alpha value is -3.01. The third-order valence-corrected chi connectivity index (χ3v) is 7.97. The number of ether oxygens (including phenoxy) is 2. The number of halogens is 3. The first kappa shape index (κ1) is 30.0. The van der Waals surface area contributed by atoms with Gasteiger partial charge in [-0.2, -0.15) is 0 Å². The monoisotopic (exact) mass is 590 g/mol. The van der Waals surface area contributed by atoms with Crippen LogP contribution in [0.1, 0.15) is 61.8 Å². The maximum Gasteiger partial charge on any atom is 0.586 e. The number of amides is 1. The minimum Gasteiger partial charge on any atom is -0.395 e. The van der Waals surface area contributed by atoms with E-state index >= 15 is 0 Å². The van der Waals surface area contributed by atoms with Gasteiger partial charge in [0.05, 0.1) is 16.3 Å². The highest BCUT2D eigenvalue weighted by Gasteiger charge is 2.44. The summed E-state index contributed by atoms with van der Waals surface area (Å²) in [6, 6.07) is 13.9. The molecule has 1 heterocycles. The number of fused-ring (bicyclic) bond motifs is 1. The molecule has 0 spiro atoms. The Morgan fingerprint density at radius 1 is 0.975 bits per heavy atom. The van der Waals surface area contributed by atoms with Crippen molar-refractivity contribution in [1.82, 2.24) is 9.62 Å². The molecule has 1 amide bonds. The smallest absolute Gasteiger partial charge is 0.395 e. The fraction of sp³-hybridized carbons (Fsp3) is 0.367. The van der Waals surface area contributed by atoms with Crippen molar-refractivity contribution in [3.63, 3.8) is 0 Å². The molecule has 3 aromatic rings. The van der Waals surface area contributed by atoms with E-state index in [0.717, 1.165) is 28.8 Å². The second kappa shape index (κ2) is 11.8. The number of alkyl halides is 2. The number of rotatable bonds is 9. The third-order valence-electron chi connectivity index (χ3n) is 6.55. The molecule has 6 nitrogen and oxygen atoms in total. The minimum absolute atomic E-state index is 0.0344. The molecule has 0 saturated heterocycles. The lowest BCUT2D eigenvalue weighted by Gasteiger charge is -2.22. The molecule has 214 valence electrons. The lowest BCUT2D eigenvalue weighted by atomic mass is 9.84. The molecule has 1 aliphatic heterocycles. The predicted octanol–water partition coefficient (Wildman–Crippen LogP) is 7.02. The van der Waals surface area contributed by atoms with Crippen LogP contribution in [0.25, 0.3) is 11.1 Å². The van der Waals surface area contributed by atoms with Crippen LogP contribution >= 0.6 is 11.6 Å². The Kier molecular flexibility index (Phi) is 8.87. The Morgan fingerprint density at radius 2 is 1.52 bits per heavy atom. The van der Waals surface area contributed by atoms with E-state index in [0.29, 0.717) is 16.0 Å². The van der Waals surface area contributed by atoms with Crippen molar-refractivity contribution in [3.05, 3.63) is 75.8 Å². The molecular weight excluding hydrogens is 558 g/mol. The topological polar surface area (TPSA) is 67.9 Å². The molecule has 0 saturated carbocycles. The van der Waals surface area contributed by atoms with E-state index in [1.54, 1.807) is 12.1 Å². The van der Waals surface area contributed by atoms with Gasteiger partial charge in [0.2, 0.25) is 5.91 Å². The summed E-state index contributed by atoms with van der Waals surface area (Å²) in [6.07, 6.45) is -3.71. The van der Waals surface area contributed by atoms with Gasteiger partial charge in [-0.3, -0.25) is 9.52 Å². The zero-order chi connectivity index (χ0) is 29.4. The van der Waals surface area contributed by atoms with Crippen LogP contribution in [0.2, 0.25) is 5.02 Å². The summed E-state index contributed by atoms with van der Waals surface area (Å²) in [5.41, 5.74) is 4.97. The largest absolute Gasteiger partial charge is 0.586 e.